The first-order valence-corrected chi connectivity index (χ1v) is 4.57. The summed E-state index contributed by atoms with van der Waals surface area (Å²) in [5.74, 6) is 0. The van der Waals surface area contributed by atoms with E-state index in [4.69, 9.17) is 0 Å². The van der Waals surface area contributed by atoms with E-state index in [1.807, 2.05) is 24.4 Å². The Kier molecular flexibility index (Phi) is 1.54. The summed E-state index contributed by atoms with van der Waals surface area (Å²) in [6.45, 7) is 4.00. The van der Waals surface area contributed by atoms with Crippen molar-refractivity contribution < 1.29 is 4.79 Å². The Morgan fingerprint density at radius 1 is 1.50 bits per heavy atom. The van der Waals surface area contributed by atoms with Crippen LogP contribution in [0.1, 0.15) is 20.9 Å². The van der Waals surface area contributed by atoms with Crippen LogP contribution in [0.15, 0.2) is 12.3 Å². The van der Waals surface area contributed by atoms with Gasteiger partial charge in [0, 0.05) is 11.1 Å². The number of carbonyl (C=O) groups is 1. The van der Waals surface area contributed by atoms with Gasteiger partial charge in [-0.3, -0.25) is 4.79 Å². The first kappa shape index (κ1) is 7.55. The van der Waals surface area contributed by atoms with Gasteiger partial charge in [-0.15, -0.1) is 11.3 Å². The highest BCUT2D eigenvalue weighted by Crippen LogP contribution is 2.23. The van der Waals surface area contributed by atoms with Crippen LogP contribution in [0.4, 0.5) is 0 Å². The Hall–Kier alpha value is -1.09. The highest BCUT2D eigenvalue weighted by Gasteiger charge is 2.07. The topological polar surface area (TPSA) is 21.5 Å². The standard InChI is InChI=1S/C9H9NOS/c1-6-3-9-10(4-6)8(5-11)7(2)12-9/h3-5H,1-2H3. The van der Waals surface area contributed by atoms with Crippen molar-refractivity contribution in [2.75, 3.05) is 0 Å². The zero-order valence-electron chi connectivity index (χ0n) is 7.00. The number of hydrogen-bond donors (Lipinski definition) is 0. The van der Waals surface area contributed by atoms with Crippen molar-refractivity contribution in [1.82, 2.24) is 4.40 Å². The molecule has 0 N–H and O–H groups in total. The summed E-state index contributed by atoms with van der Waals surface area (Å²) in [5, 5.41) is 0. The van der Waals surface area contributed by atoms with Gasteiger partial charge in [0.25, 0.3) is 0 Å². The number of aryl methyl sites for hydroxylation is 2. The predicted octanol–water partition coefficient (Wildman–Crippen LogP) is 2.43. The van der Waals surface area contributed by atoms with Crippen LogP contribution in [-0.4, -0.2) is 10.7 Å². The molecule has 2 heterocycles. The van der Waals surface area contributed by atoms with Crippen molar-refractivity contribution in [3.8, 4) is 0 Å². The van der Waals surface area contributed by atoms with Gasteiger partial charge in [-0.2, -0.15) is 0 Å². The number of aldehydes is 1. The van der Waals surface area contributed by atoms with Gasteiger partial charge in [-0.05, 0) is 25.5 Å². The largest absolute Gasteiger partial charge is 0.304 e. The summed E-state index contributed by atoms with van der Waals surface area (Å²) in [6, 6.07) is 2.09. The molecule has 0 saturated heterocycles. The summed E-state index contributed by atoms with van der Waals surface area (Å²) in [6.07, 6.45) is 2.90. The first-order valence-electron chi connectivity index (χ1n) is 3.75. The van der Waals surface area contributed by atoms with Crippen molar-refractivity contribution in [2.45, 2.75) is 13.8 Å². The molecule has 0 bridgehead atoms. The van der Waals surface area contributed by atoms with Gasteiger partial charge >= 0.3 is 0 Å². The Morgan fingerprint density at radius 2 is 2.25 bits per heavy atom. The molecule has 0 saturated carbocycles. The van der Waals surface area contributed by atoms with E-state index in [0.29, 0.717) is 0 Å². The fourth-order valence-corrected chi connectivity index (χ4v) is 2.41. The number of nitrogens with zero attached hydrogens (tertiary/aromatic N) is 1. The summed E-state index contributed by atoms with van der Waals surface area (Å²) in [4.78, 5) is 12.9. The number of carbonyl (C=O) groups excluding carboxylic acids is 1. The third-order valence-electron chi connectivity index (χ3n) is 1.91. The Bertz CT molecular complexity index is 438. The lowest BCUT2D eigenvalue weighted by Gasteiger charge is -1.87. The van der Waals surface area contributed by atoms with Crippen molar-refractivity contribution in [3.63, 3.8) is 0 Å². The van der Waals surface area contributed by atoms with Crippen molar-refractivity contribution in [3.05, 3.63) is 28.4 Å². The van der Waals surface area contributed by atoms with Crippen LogP contribution in [0, 0.1) is 13.8 Å². The van der Waals surface area contributed by atoms with E-state index in [1.54, 1.807) is 11.3 Å². The molecule has 2 aromatic heterocycles. The molecule has 0 atom stereocenters. The van der Waals surface area contributed by atoms with E-state index >= 15 is 0 Å². The highest BCUT2D eigenvalue weighted by atomic mass is 32.1. The normalized spacial score (nSPS) is 10.8. The number of aromatic nitrogens is 1. The molecule has 12 heavy (non-hydrogen) atoms. The minimum atomic E-state index is 0.781. The maximum atomic E-state index is 10.7. The van der Waals surface area contributed by atoms with E-state index in [0.717, 1.165) is 21.7 Å². The molecule has 62 valence electrons. The van der Waals surface area contributed by atoms with Gasteiger partial charge in [0.15, 0.2) is 6.29 Å². The van der Waals surface area contributed by atoms with Gasteiger partial charge in [0.05, 0.1) is 5.69 Å². The monoisotopic (exact) mass is 179 g/mol. The molecule has 2 nitrogen and oxygen atoms in total. The van der Waals surface area contributed by atoms with E-state index in [2.05, 4.69) is 6.07 Å². The van der Waals surface area contributed by atoms with E-state index in [1.165, 1.54) is 5.56 Å². The van der Waals surface area contributed by atoms with Crippen LogP contribution in [0.25, 0.3) is 4.83 Å². The third-order valence-corrected chi connectivity index (χ3v) is 2.95. The second kappa shape index (κ2) is 2.45. The molecule has 0 spiro atoms. The van der Waals surface area contributed by atoms with E-state index in [-0.39, 0.29) is 0 Å². The Labute approximate surface area is 74.4 Å². The molecule has 0 radical (unpaired) electrons. The second-order valence-electron chi connectivity index (χ2n) is 2.89. The fourth-order valence-electron chi connectivity index (χ4n) is 1.35. The van der Waals surface area contributed by atoms with E-state index in [9.17, 15) is 4.79 Å². The zero-order valence-corrected chi connectivity index (χ0v) is 7.81. The average molecular weight is 179 g/mol. The lowest BCUT2D eigenvalue weighted by Crippen LogP contribution is -1.87. The van der Waals surface area contributed by atoms with Gasteiger partial charge in [-0.25, -0.2) is 0 Å². The maximum Gasteiger partial charge on any atom is 0.167 e. The van der Waals surface area contributed by atoms with Crippen LogP contribution in [0.5, 0.6) is 0 Å². The average Bonchev–Trinajstić information content (AvgIpc) is 2.43. The smallest absolute Gasteiger partial charge is 0.167 e. The highest BCUT2D eigenvalue weighted by molar-refractivity contribution is 7.17. The van der Waals surface area contributed by atoms with Gasteiger partial charge in [-0.1, -0.05) is 0 Å². The summed E-state index contributed by atoms with van der Waals surface area (Å²) in [5.41, 5.74) is 1.98. The van der Waals surface area contributed by atoms with Crippen molar-refractivity contribution in [2.24, 2.45) is 0 Å². The van der Waals surface area contributed by atoms with Crippen LogP contribution < -0.4 is 0 Å². The first-order chi connectivity index (χ1) is 5.72. The van der Waals surface area contributed by atoms with Crippen LogP contribution in [0.2, 0.25) is 0 Å². The molecule has 0 aromatic carbocycles. The molecule has 0 unspecified atom stereocenters. The van der Waals surface area contributed by atoms with Crippen molar-refractivity contribution >= 4 is 22.5 Å². The van der Waals surface area contributed by atoms with Crippen LogP contribution >= 0.6 is 11.3 Å². The van der Waals surface area contributed by atoms with Crippen LogP contribution in [0.3, 0.4) is 0 Å². The lowest BCUT2D eigenvalue weighted by molar-refractivity contribution is 0.111. The molecule has 3 heteroatoms. The summed E-state index contributed by atoms with van der Waals surface area (Å²) >= 11 is 1.66. The molecular formula is C9H9NOS. The fraction of sp³-hybridized carbons (Fsp3) is 0.222. The molecular weight excluding hydrogens is 170 g/mol. The van der Waals surface area contributed by atoms with E-state index < -0.39 is 0 Å². The minimum absolute atomic E-state index is 0.781. The SMILES string of the molecule is Cc1cc2sc(C)c(C=O)n2c1. The number of fused-ring (bicyclic) bond motifs is 1. The quantitative estimate of drug-likeness (QED) is 0.616. The zero-order chi connectivity index (χ0) is 8.72. The maximum absolute atomic E-state index is 10.7. The summed E-state index contributed by atoms with van der Waals surface area (Å²) < 4.78 is 1.95. The molecule has 0 fully saturated rings. The second-order valence-corrected chi connectivity index (χ2v) is 4.12. The van der Waals surface area contributed by atoms with Gasteiger partial charge in [0.2, 0.25) is 0 Å². The van der Waals surface area contributed by atoms with Gasteiger partial charge < -0.3 is 4.40 Å². The lowest BCUT2D eigenvalue weighted by atomic mass is 10.4. The molecule has 0 aliphatic carbocycles. The Morgan fingerprint density at radius 3 is 2.92 bits per heavy atom. The third kappa shape index (κ3) is 0.898. The van der Waals surface area contributed by atoms with Crippen molar-refractivity contribution in [1.29, 1.82) is 0 Å². The Balaban J connectivity index is 2.86. The van der Waals surface area contributed by atoms with Gasteiger partial charge in [0.1, 0.15) is 4.83 Å². The summed E-state index contributed by atoms with van der Waals surface area (Å²) in [7, 11) is 0. The molecule has 0 aliphatic heterocycles. The van der Waals surface area contributed by atoms with Crippen LogP contribution in [-0.2, 0) is 0 Å². The number of thiazole rings is 1. The minimum Gasteiger partial charge on any atom is -0.304 e. The number of hydrogen-bond acceptors (Lipinski definition) is 2. The molecule has 2 rings (SSSR count). The molecule has 0 amide bonds. The predicted molar refractivity (Wildman–Crippen MR) is 50.1 cm³/mol. The molecule has 0 aliphatic rings. The number of rotatable bonds is 1. The molecule has 2 aromatic rings.